The molecule has 0 atom stereocenters. The lowest BCUT2D eigenvalue weighted by atomic mass is 9.93. The first-order valence-electron chi connectivity index (χ1n) is 10.6. The molecule has 1 amide bonds. The lowest BCUT2D eigenvalue weighted by Gasteiger charge is -2.34. The molecule has 2 aromatic carbocycles. The van der Waals surface area contributed by atoms with Crippen LogP contribution in [0.2, 0.25) is 0 Å². The Hall–Kier alpha value is -3.08. The van der Waals surface area contributed by atoms with Crippen LogP contribution in [-0.4, -0.2) is 28.9 Å². The SMILES string of the molecule is COc1ccc(C(=O)N(Cc2cc3ccc(C)cc3[nH]c2=O)C2CCCCC2)cc1. The third-order valence-corrected chi connectivity index (χ3v) is 6.03. The van der Waals surface area contributed by atoms with Crippen molar-refractivity contribution in [3.63, 3.8) is 0 Å². The van der Waals surface area contributed by atoms with Gasteiger partial charge in [0.15, 0.2) is 0 Å². The number of benzene rings is 2. The number of ether oxygens (including phenoxy) is 1. The highest BCUT2D eigenvalue weighted by Crippen LogP contribution is 2.26. The number of carbonyl (C=O) groups is 1. The van der Waals surface area contributed by atoms with Gasteiger partial charge in [-0.05, 0) is 67.1 Å². The van der Waals surface area contributed by atoms with Crippen molar-refractivity contribution in [1.29, 1.82) is 0 Å². The molecular weight excluding hydrogens is 376 g/mol. The quantitative estimate of drug-likeness (QED) is 0.663. The van der Waals surface area contributed by atoms with E-state index in [2.05, 4.69) is 4.98 Å². The molecule has 0 radical (unpaired) electrons. The second-order valence-electron chi connectivity index (χ2n) is 8.17. The summed E-state index contributed by atoms with van der Waals surface area (Å²) < 4.78 is 5.22. The number of aromatic nitrogens is 1. The average molecular weight is 405 g/mol. The molecule has 5 nitrogen and oxygen atoms in total. The Bertz CT molecular complexity index is 1100. The molecular formula is C25H28N2O3. The van der Waals surface area contributed by atoms with Gasteiger partial charge >= 0.3 is 0 Å². The van der Waals surface area contributed by atoms with Crippen LogP contribution in [0.3, 0.4) is 0 Å². The van der Waals surface area contributed by atoms with Crippen LogP contribution in [0.25, 0.3) is 10.9 Å². The van der Waals surface area contributed by atoms with E-state index in [9.17, 15) is 9.59 Å². The number of aromatic amines is 1. The topological polar surface area (TPSA) is 62.4 Å². The molecule has 0 bridgehead atoms. The molecule has 3 aromatic rings. The van der Waals surface area contributed by atoms with Gasteiger partial charge in [-0.25, -0.2) is 0 Å². The minimum absolute atomic E-state index is 0.0343. The standard InChI is InChI=1S/C25H28N2O3/c1-17-8-9-19-15-20(24(28)26-23(19)14-17)16-27(21-6-4-3-5-7-21)25(29)18-10-12-22(30-2)13-11-18/h8-15,21H,3-7,16H2,1-2H3,(H,26,28). The summed E-state index contributed by atoms with van der Waals surface area (Å²) in [7, 11) is 1.61. The summed E-state index contributed by atoms with van der Waals surface area (Å²) in [5.41, 5.74) is 3.04. The van der Waals surface area contributed by atoms with Gasteiger partial charge in [-0.2, -0.15) is 0 Å². The largest absolute Gasteiger partial charge is 0.497 e. The van der Waals surface area contributed by atoms with Gasteiger partial charge in [-0.1, -0.05) is 31.4 Å². The summed E-state index contributed by atoms with van der Waals surface area (Å²) in [5.74, 6) is 0.685. The second-order valence-corrected chi connectivity index (χ2v) is 8.17. The van der Waals surface area contributed by atoms with Gasteiger partial charge in [0.2, 0.25) is 0 Å². The molecule has 1 fully saturated rings. The van der Waals surface area contributed by atoms with Gasteiger partial charge in [-0.15, -0.1) is 0 Å². The number of fused-ring (bicyclic) bond motifs is 1. The van der Waals surface area contributed by atoms with Crippen LogP contribution in [-0.2, 0) is 6.54 Å². The summed E-state index contributed by atoms with van der Waals surface area (Å²) in [5, 5.41) is 0.982. The maximum absolute atomic E-state index is 13.4. The number of nitrogens with one attached hydrogen (secondary N) is 1. The molecule has 1 aliphatic rings. The first-order chi connectivity index (χ1) is 14.5. The number of hydrogen-bond donors (Lipinski definition) is 1. The zero-order valence-electron chi connectivity index (χ0n) is 17.6. The summed E-state index contributed by atoms with van der Waals surface area (Å²) in [4.78, 5) is 31.1. The predicted molar refractivity (Wildman–Crippen MR) is 119 cm³/mol. The second kappa shape index (κ2) is 8.74. The van der Waals surface area contributed by atoms with Crippen molar-refractivity contribution < 1.29 is 9.53 Å². The summed E-state index contributed by atoms with van der Waals surface area (Å²) in [6, 6.07) is 15.3. The number of nitrogens with zero attached hydrogens (tertiary/aromatic N) is 1. The molecule has 1 aliphatic carbocycles. The molecule has 1 saturated carbocycles. The highest BCUT2D eigenvalue weighted by molar-refractivity contribution is 5.94. The van der Waals surface area contributed by atoms with E-state index in [0.717, 1.165) is 47.9 Å². The molecule has 0 spiro atoms. The number of carbonyl (C=O) groups excluding carboxylic acids is 1. The average Bonchev–Trinajstić information content (AvgIpc) is 2.78. The summed E-state index contributed by atoms with van der Waals surface area (Å²) in [6.07, 6.45) is 5.39. The third-order valence-electron chi connectivity index (χ3n) is 6.03. The van der Waals surface area contributed by atoms with E-state index in [-0.39, 0.29) is 17.5 Å². The van der Waals surface area contributed by atoms with Crippen molar-refractivity contribution in [2.24, 2.45) is 0 Å². The van der Waals surface area contributed by atoms with E-state index in [1.165, 1.54) is 6.42 Å². The number of pyridine rings is 1. The molecule has 0 saturated heterocycles. The molecule has 5 heteroatoms. The van der Waals surface area contributed by atoms with Gasteiger partial charge in [0, 0.05) is 22.7 Å². The normalized spacial score (nSPS) is 14.6. The van der Waals surface area contributed by atoms with Crippen molar-refractivity contribution in [2.75, 3.05) is 7.11 Å². The Kier molecular flexibility index (Phi) is 5.88. The monoisotopic (exact) mass is 404 g/mol. The minimum atomic E-state index is -0.128. The maximum Gasteiger partial charge on any atom is 0.254 e. The Morgan fingerprint density at radius 2 is 1.80 bits per heavy atom. The van der Waals surface area contributed by atoms with Gasteiger partial charge in [-0.3, -0.25) is 9.59 Å². The van der Waals surface area contributed by atoms with Gasteiger partial charge in [0.1, 0.15) is 5.75 Å². The van der Waals surface area contributed by atoms with Crippen LogP contribution >= 0.6 is 0 Å². The molecule has 30 heavy (non-hydrogen) atoms. The Labute approximate surface area is 176 Å². The number of methoxy groups -OCH3 is 1. The lowest BCUT2D eigenvalue weighted by molar-refractivity contribution is 0.0613. The van der Waals surface area contributed by atoms with Crippen molar-refractivity contribution >= 4 is 16.8 Å². The van der Waals surface area contributed by atoms with Crippen molar-refractivity contribution in [3.05, 3.63) is 75.6 Å². The lowest BCUT2D eigenvalue weighted by Crippen LogP contribution is -2.42. The first-order valence-corrected chi connectivity index (χ1v) is 10.6. The van der Waals surface area contributed by atoms with Crippen LogP contribution in [0, 0.1) is 6.92 Å². The fourth-order valence-electron chi connectivity index (χ4n) is 4.32. The van der Waals surface area contributed by atoms with Gasteiger partial charge in [0.05, 0.1) is 13.7 Å². The Morgan fingerprint density at radius 3 is 2.50 bits per heavy atom. The zero-order chi connectivity index (χ0) is 21.1. The van der Waals surface area contributed by atoms with Crippen LogP contribution in [0.1, 0.15) is 53.6 Å². The van der Waals surface area contributed by atoms with Crippen molar-refractivity contribution in [2.45, 2.75) is 51.6 Å². The van der Waals surface area contributed by atoms with Crippen LogP contribution in [0.4, 0.5) is 0 Å². The van der Waals surface area contributed by atoms with Crippen molar-refractivity contribution in [3.8, 4) is 5.75 Å². The van der Waals surface area contributed by atoms with Crippen LogP contribution in [0.15, 0.2) is 53.3 Å². The Morgan fingerprint density at radius 1 is 1.07 bits per heavy atom. The highest BCUT2D eigenvalue weighted by atomic mass is 16.5. The number of hydrogen-bond acceptors (Lipinski definition) is 3. The van der Waals surface area contributed by atoms with Crippen molar-refractivity contribution in [1.82, 2.24) is 9.88 Å². The van der Waals surface area contributed by atoms with Crippen LogP contribution < -0.4 is 10.3 Å². The number of H-pyrrole nitrogens is 1. The van der Waals surface area contributed by atoms with E-state index >= 15 is 0 Å². The predicted octanol–water partition coefficient (Wildman–Crippen LogP) is 4.82. The molecule has 1 N–H and O–H groups in total. The maximum atomic E-state index is 13.4. The highest BCUT2D eigenvalue weighted by Gasteiger charge is 2.27. The molecule has 0 unspecified atom stereocenters. The number of aryl methyl sites for hydroxylation is 1. The summed E-state index contributed by atoms with van der Waals surface area (Å²) in [6.45, 7) is 2.32. The molecule has 1 aromatic heterocycles. The van der Waals surface area contributed by atoms with E-state index < -0.39 is 0 Å². The smallest absolute Gasteiger partial charge is 0.254 e. The fraction of sp³-hybridized carbons (Fsp3) is 0.360. The van der Waals surface area contributed by atoms with Gasteiger partial charge in [0.25, 0.3) is 11.5 Å². The van der Waals surface area contributed by atoms with E-state index in [4.69, 9.17) is 4.74 Å². The number of amides is 1. The third kappa shape index (κ3) is 4.25. The number of rotatable bonds is 5. The summed E-state index contributed by atoms with van der Waals surface area (Å²) >= 11 is 0. The molecule has 4 rings (SSSR count). The van der Waals surface area contributed by atoms with E-state index in [1.807, 2.05) is 36.1 Å². The van der Waals surface area contributed by atoms with E-state index in [1.54, 1.807) is 31.4 Å². The Balaban J connectivity index is 1.68. The van der Waals surface area contributed by atoms with Gasteiger partial charge < -0.3 is 14.6 Å². The fourth-order valence-corrected chi connectivity index (χ4v) is 4.32. The minimum Gasteiger partial charge on any atom is -0.497 e. The molecule has 156 valence electrons. The van der Waals surface area contributed by atoms with Crippen LogP contribution in [0.5, 0.6) is 5.75 Å². The van der Waals surface area contributed by atoms with E-state index in [0.29, 0.717) is 17.7 Å². The molecule has 0 aliphatic heterocycles. The first kappa shape index (κ1) is 20.2. The zero-order valence-corrected chi connectivity index (χ0v) is 17.6. The molecule has 1 heterocycles.